The molecule has 0 radical (unpaired) electrons. The molecule has 174 valence electrons. The van der Waals surface area contributed by atoms with Gasteiger partial charge in [0.15, 0.2) is 5.16 Å². The molecule has 4 rings (SSSR count). The SMILES string of the molecule is CC(Sc1nc(-c2ccccc2)cc(C(F)(F)F)n1)C(=O)Nc1ccc(-n2cccc2)c(Cl)c1. The average molecular weight is 503 g/mol. The van der Waals surface area contributed by atoms with Gasteiger partial charge in [-0.15, -0.1) is 0 Å². The van der Waals surface area contributed by atoms with Crippen LogP contribution in [0.25, 0.3) is 16.9 Å². The number of anilines is 1. The number of hydrogen-bond donors (Lipinski definition) is 1. The molecule has 1 amide bonds. The number of hydrogen-bond acceptors (Lipinski definition) is 4. The molecule has 1 atom stereocenters. The summed E-state index contributed by atoms with van der Waals surface area (Å²) in [5.74, 6) is -0.419. The first-order valence-corrected chi connectivity index (χ1v) is 11.4. The zero-order valence-electron chi connectivity index (χ0n) is 17.8. The predicted molar refractivity (Wildman–Crippen MR) is 127 cm³/mol. The zero-order chi connectivity index (χ0) is 24.3. The number of nitrogens with zero attached hydrogens (tertiary/aromatic N) is 3. The van der Waals surface area contributed by atoms with Gasteiger partial charge in [0.05, 0.1) is 21.7 Å². The van der Waals surface area contributed by atoms with E-state index in [1.54, 1.807) is 55.5 Å². The van der Waals surface area contributed by atoms with Crippen molar-refractivity contribution in [2.45, 2.75) is 23.5 Å². The molecule has 1 N–H and O–H groups in total. The monoisotopic (exact) mass is 502 g/mol. The first-order valence-electron chi connectivity index (χ1n) is 10.1. The second-order valence-electron chi connectivity index (χ2n) is 7.29. The van der Waals surface area contributed by atoms with Crippen molar-refractivity contribution in [3.63, 3.8) is 0 Å². The number of halogens is 4. The van der Waals surface area contributed by atoms with Crippen LogP contribution in [0.4, 0.5) is 18.9 Å². The molecule has 0 aliphatic carbocycles. The fourth-order valence-corrected chi connectivity index (χ4v) is 4.19. The van der Waals surface area contributed by atoms with E-state index in [4.69, 9.17) is 11.6 Å². The van der Waals surface area contributed by atoms with Gasteiger partial charge in [-0.3, -0.25) is 4.79 Å². The molecule has 2 heterocycles. The third kappa shape index (κ3) is 5.60. The number of nitrogens with one attached hydrogen (secondary N) is 1. The number of carbonyl (C=O) groups is 1. The minimum Gasteiger partial charge on any atom is -0.325 e. The molecule has 1 unspecified atom stereocenters. The average Bonchev–Trinajstić information content (AvgIpc) is 3.33. The van der Waals surface area contributed by atoms with Crippen LogP contribution >= 0.6 is 23.4 Å². The van der Waals surface area contributed by atoms with Crippen molar-refractivity contribution < 1.29 is 18.0 Å². The smallest absolute Gasteiger partial charge is 0.325 e. The van der Waals surface area contributed by atoms with Crippen molar-refractivity contribution in [2.24, 2.45) is 0 Å². The summed E-state index contributed by atoms with van der Waals surface area (Å²) < 4.78 is 42.1. The Labute approximate surface area is 203 Å². The molecule has 2 aromatic heterocycles. The number of thioether (sulfide) groups is 1. The number of amides is 1. The van der Waals surface area contributed by atoms with Gasteiger partial charge in [-0.1, -0.05) is 53.7 Å². The van der Waals surface area contributed by atoms with Gasteiger partial charge in [-0.25, -0.2) is 9.97 Å². The Morgan fingerprint density at radius 3 is 2.38 bits per heavy atom. The van der Waals surface area contributed by atoms with E-state index in [1.807, 2.05) is 29.1 Å². The first kappa shape index (κ1) is 23.8. The molecule has 0 saturated heterocycles. The minimum atomic E-state index is -4.65. The van der Waals surface area contributed by atoms with E-state index in [2.05, 4.69) is 15.3 Å². The minimum absolute atomic E-state index is 0.130. The van der Waals surface area contributed by atoms with Crippen LogP contribution in [-0.4, -0.2) is 25.7 Å². The van der Waals surface area contributed by atoms with Crippen molar-refractivity contribution in [2.75, 3.05) is 5.32 Å². The molecule has 2 aromatic carbocycles. The van der Waals surface area contributed by atoms with Crippen molar-refractivity contribution in [1.29, 1.82) is 0 Å². The standard InChI is InChI=1S/C24H18ClF3N4OS/c1-15(22(33)29-17-9-10-20(18(25)13-17)32-11-5-6-12-32)34-23-30-19(16-7-3-2-4-8-16)14-21(31-23)24(26,27)28/h2-15H,1H3,(H,29,33). The molecule has 0 spiro atoms. The van der Waals surface area contributed by atoms with E-state index in [0.717, 1.165) is 23.5 Å². The molecule has 0 saturated carbocycles. The Morgan fingerprint density at radius 2 is 1.74 bits per heavy atom. The number of carbonyl (C=O) groups excluding carboxylic acids is 1. The third-order valence-corrected chi connectivity index (χ3v) is 6.08. The summed E-state index contributed by atoms with van der Waals surface area (Å²) in [5.41, 5.74) is 0.798. The van der Waals surface area contributed by atoms with Gasteiger partial charge in [0.2, 0.25) is 5.91 Å². The van der Waals surface area contributed by atoms with Crippen LogP contribution in [0.3, 0.4) is 0 Å². The zero-order valence-corrected chi connectivity index (χ0v) is 19.3. The molecule has 10 heteroatoms. The Bertz CT molecular complexity index is 1300. The molecule has 0 aliphatic heterocycles. The summed E-state index contributed by atoms with van der Waals surface area (Å²) in [7, 11) is 0. The summed E-state index contributed by atoms with van der Waals surface area (Å²) in [6.45, 7) is 1.57. The molecule has 5 nitrogen and oxygen atoms in total. The van der Waals surface area contributed by atoms with E-state index in [-0.39, 0.29) is 10.9 Å². The maximum absolute atomic E-state index is 13.4. The van der Waals surface area contributed by atoms with Crippen LogP contribution in [-0.2, 0) is 11.0 Å². The lowest BCUT2D eigenvalue weighted by Crippen LogP contribution is -2.23. The second-order valence-corrected chi connectivity index (χ2v) is 9.01. The number of alkyl halides is 3. The highest BCUT2D eigenvalue weighted by atomic mass is 35.5. The summed E-state index contributed by atoms with van der Waals surface area (Å²) in [4.78, 5) is 20.6. The third-order valence-electron chi connectivity index (χ3n) is 4.81. The van der Waals surface area contributed by atoms with Gasteiger partial charge in [-0.2, -0.15) is 13.2 Å². The largest absolute Gasteiger partial charge is 0.433 e. The summed E-state index contributed by atoms with van der Waals surface area (Å²) in [6, 6.07) is 18.2. The van der Waals surface area contributed by atoms with Crippen LogP contribution in [0.2, 0.25) is 5.02 Å². The van der Waals surface area contributed by atoms with Gasteiger partial charge >= 0.3 is 6.18 Å². The molecule has 0 bridgehead atoms. The summed E-state index contributed by atoms with van der Waals surface area (Å²) in [5, 5.41) is 2.26. The van der Waals surface area contributed by atoms with Gasteiger partial charge < -0.3 is 9.88 Å². The normalized spacial score (nSPS) is 12.4. The molecular weight excluding hydrogens is 485 g/mol. The van der Waals surface area contributed by atoms with E-state index >= 15 is 0 Å². The number of aromatic nitrogens is 3. The van der Waals surface area contributed by atoms with Gasteiger partial charge in [-0.05, 0) is 43.3 Å². The highest BCUT2D eigenvalue weighted by Gasteiger charge is 2.34. The lowest BCUT2D eigenvalue weighted by molar-refractivity contribution is -0.141. The second kappa shape index (κ2) is 9.90. The van der Waals surface area contributed by atoms with E-state index in [9.17, 15) is 18.0 Å². The van der Waals surface area contributed by atoms with Crippen molar-refractivity contribution in [3.05, 3.63) is 89.8 Å². The van der Waals surface area contributed by atoms with Gasteiger partial charge in [0.1, 0.15) is 5.69 Å². The van der Waals surface area contributed by atoms with Crippen LogP contribution in [0, 0.1) is 0 Å². The highest BCUT2D eigenvalue weighted by Crippen LogP contribution is 2.33. The first-order chi connectivity index (χ1) is 16.2. The van der Waals surface area contributed by atoms with Crippen molar-refractivity contribution >= 4 is 35.0 Å². The lowest BCUT2D eigenvalue weighted by Gasteiger charge is -2.14. The van der Waals surface area contributed by atoms with Crippen LogP contribution < -0.4 is 5.32 Å². The van der Waals surface area contributed by atoms with E-state index in [0.29, 0.717) is 16.3 Å². The quantitative estimate of drug-likeness (QED) is 0.235. The lowest BCUT2D eigenvalue weighted by atomic mass is 10.1. The van der Waals surface area contributed by atoms with Crippen LogP contribution in [0.15, 0.2) is 84.3 Å². The molecule has 34 heavy (non-hydrogen) atoms. The topological polar surface area (TPSA) is 59.8 Å². The van der Waals surface area contributed by atoms with E-state index < -0.39 is 23.0 Å². The molecule has 4 aromatic rings. The van der Waals surface area contributed by atoms with Gasteiger partial charge in [0, 0.05) is 23.6 Å². The fourth-order valence-electron chi connectivity index (χ4n) is 3.12. The Balaban J connectivity index is 1.52. The highest BCUT2D eigenvalue weighted by molar-refractivity contribution is 8.00. The Kier molecular flexibility index (Phi) is 6.95. The van der Waals surface area contributed by atoms with Crippen molar-refractivity contribution in [3.8, 4) is 16.9 Å². The molecular formula is C24H18ClF3N4OS. The van der Waals surface area contributed by atoms with Gasteiger partial charge in [0.25, 0.3) is 0 Å². The Morgan fingerprint density at radius 1 is 1.03 bits per heavy atom. The van der Waals surface area contributed by atoms with Crippen molar-refractivity contribution in [1.82, 2.24) is 14.5 Å². The number of benzene rings is 2. The maximum atomic E-state index is 13.4. The summed E-state index contributed by atoms with van der Waals surface area (Å²) in [6.07, 6.45) is -0.959. The molecule has 0 aliphatic rings. The van der Waals surface area contributed by atoms with Crippen LogP contribution in [0.5, 0.6) is 0 Å². The van der Waals surface area contributed by atoms with Crippen LogP contribution in [0.1, 0.15) is 12.6 Å². The molecule has 0 fully saturated rings. The maximum Gasteiger partial charge on any atom is 0.433 e. The fraction of sp³-hybridized carbons (Fsp3) is 0.125. The predicted octanol–water partition coefficient (Wildman–Crippen LogP) is 6.73. The Hall–Kier alpha value is -3.30. The van der Waals surface area contributed by atoms with E-state index in [1.165, 1.54) is 0 Å². The summed E-state index contributed by atoms with van der Waals surface area (Å²) >= 11 is 7.19. The number of rotatable bonds is 6.